The molecule has 4 aromatic rings. The number of carboxylic acids is 1. The maximum Gasteiger partial charge on any atom is 0.338 e. The number of halogens is 2. The van der Waals surface area contributed by atoms with Crippen LogP contribution in [-0.4, -0.2) is 58.8 Å². The lowest BCUT2D eigenvalue weighted by atomic mass is 9.98. The van der Waals surface area contributed by atoms with Crippen molar-refractivity contribution in [2.24, 2.45) is 0 Å². The van der Waals surface area contributed by atoms with E-state index >= 15 is 0 Å². The zero-order valence-corrected chi connectivity index (χ0v) is 25.2. The van der Waals surface area contributed by atoms with Crippen LogP contribution >= 0.6 is 0 Å². The second-order valence-electron chi connectivity index (χ2n) is 10.7. The number of sulfonamides is 1. The van der Waals surface area contributed by atoms with Gasteiger partial charge in [-0.15, -0.1) is 0 Å². The molecule has 0 saturated heterocycles. The summed E-state index contributed by atoms with van der Waals surface area (Å²) >= 11 is 0. The summed E-state index contributed by atoms with van der Waals surface area (Å²) in [7, 11) is -2.26. The van der Waals surface area contributed by atoms with Crippen molar-refractivity contribution in [3.63, 3.8) is 0 Å². The standard InChI is InChI=1S/C32H32F2N2O8S/c1-35-31(37)29-26-16-24(20-3-4-20)22(15-28(26)44-30(29)21-5-7-23(33)8-6-21)18-45(40,41)36-10-11-42-12-13-43-17-19-2-9-27(34)25(14-19)32(38)39/h2,5-9,14-16,20,36H,3-4,10-13,17-18H2,1H3,(H,35,37)(H,38,39). The molecule has 238 valence electrons. The van der Waals surface area contributed by atoms with Crippen LogP contribution in [0.15, 0.2) is 59.0 Å². The quantitative estimate of drug-likeness (QED) is 0.154. The van der Waals surface area contributed by atoms with Gasteiger partial charge in [-0.25, -0.2) is 26.7 Å². The lowest BCUT2D eigenvalue weighted by molar-refractivity contribution is 0.0425. The van der Waals surface area contributed by atoms with Crippen molar-refractivity contribution in [3.8, 4) is 11.3 Å². The van der Waals surface area contributed by atoms with Crippen molar-refractivity contribution in [1.29, 1.82) is 0 Å². The predicted octanol–water partition coefficient (Wildman–Crippen LogP) is 4.97. The predicted molar refractivity (Wildman–Crippen MR) is 161 cm³/mol. The maximum absolute atomic E-state index is 13.6. The summed E-state index contributed by atoms with van der Waals surface area (Å²) in [4.78, 5) is 23.9. The maximum atomic E-state index is 13.6. The van der Waals surface area contributed by atoms with E-state index in [2.05, 4.69) is 10.0 Å². The zero-order chi connectivity index (χ0) is 32.1. The number of hydrogen-bond acceptors (Lipinski definition) is 7. The van der Waals surface area contributed by atoms with E-state index in [0.717, 1.165) is 24.5 Å². The second kappa shape index (κ2) is 13.9. The van der Waals surface area contributed by atoms with Crippen molar-refractivity contribution in [1.82, 2.24) is 10.0 Å². The molecule has 0 radical (unpaired) electrons. The van der Waals surface area contributed by atoms with E-state index < -0.39 is 33.2 Å². The van der Waals surface area contributed by atoms with Gasteiger partial charge >= 0.3 is 5.97 Å². The first-order valence-corrected chi connectivity index (χ1v) is 15.9. The molecule has 1 fully saturated rings. The summed E-state index contributed by atoms with van der Waals surface area (Å²) < 4.78 is 72.6. The Kier molecular flexibility index (Phi) is 9.93. The Morgan fingerprint density at radius 3 is 2.42 bits per heavy atom. The number of carboxylic acid groups (broad SMARTS) is 1. The molecule has 3 aromatic carbocycles. The van der Waals surface area contributed by atoms with Crippen molar-refractivity contribution >= 4 is 32.9 Å². The van der Waals surface area contributed by atoms with Crippen LogP contribution in [0.3, 0.4) is 0 Å². The van der Waals surface area contributed by atoms with Gasteiger partial charge in [-0.3, -0.25) is 4.79 Å². The number of benzene rings is 3. The lowest BCUT2D eigenvalue weighted by Crippen LogP contribution is -2.29. The molecule has 0 spiro atoms. The van der Waals surface area contributed by atoms with Crippen molar-refractivity contribution in [3.05, 3.63) is 94.0 Å². The van der Waals surface area contributed by atoms with Gasteiger partial charge in [-0.1, -0.05) is 6.07 Å². The average Bonchev–Trinajstić information content (AvgIpc) is 3.79. The van der Waals surface area contributed by atoms with Crippen molar-refractivity contribution in [2.45, 2.75) is 31.1 Å². The fourth-order valence-electron chi connectivity index (χ4n) is 5.02. The summed E-state index contributed by atoms with van der Waals surface area (Å²) in [5, 5.41) is 12.2. The molecule has 1 saturated carbocycles. The summed E-state index contributed by atoms with van der Waals surface area (Å²) in [5.74, 6) is -2.83. The number of nitrogens with one attached hydrogen (secondary N) is 2. The van der Waals surface area contributed by atoms with Gasteiger partial charge in [0.25, 0.3) is 5.91 Å². The third-order valence-corrected chi connectivity index (χ3v) is 8.68. The number of amides is 1. The topological polar surface area (TPSA) is 144 Å². The Bertz CT molecular complexity index is 1820. The Labute approximate surface area is 258 Å². The highest BCUT2D eigenvalue weighted by Crippen LogP contribution is 2.45. The Balaban J connectivity index is 1.19. The molecule has 0 unspecified atom stereocenters. The highest BCUT2D eigenvalue weighted by Gasteiger charge is 2.31. The first-order chi connectivity index (χ1) is 21.6. The largest absolute Gasteiger partial charge is 0.478 e. The molecule has 45 heavy (non-hydrogen) atoms. The lowest BCUT2D eigenvalue weighted by Gasteiger charge is -2.12. The minimum atomic E-state index is -3.76. The number of furan rings is 1. The van der Waals surface area contributed by atoms with E-state index in [1.54, 1.807) is 6.07 Å². The molecule has 10 nitrogen and oxygen atoms in total. The number of ether oxygens (including phenoxy) is 2. The first kappa shape index (κ1) is 32.2. The Hall–Kier alpha value is -4.17. The summed E-state index contributed by atoms with van der Waals surface area (Å²) in [6, 6.07) is 12.8. The highest BCUT2D eigenvalue weighted by molar-refractivity contribution is 7.88. The molecule has 1 heterocycles. The van der Waals surface area contributed by atoms with Crippen molar-refractivity contribution < 1.29 is 45.8 Å². The monoisotopic (exact) mass is 642 g/mol. The van der Waals surface area contributed by atoms with Crippen LogP contribution in [-0.2, 0) is 31.9 Å². The number of carbonyl (C=O) groups excluding carboxylic acids is 1. The Morgan fingerprint density at radius 2 is 1.73 bits per heavy atom. The van der Waals surface area contributed by atoms with Crippen LogP contribution < -0.4 is 10.0 Å². The molecule has 5 rings (SSSR count). The molecule has 1 aliphatic rings. The van der Waals surface area contributed by atoms with Crippen molar-refractivity contribution in [2.75, 3.05) is 33.4 Å². The van der Waals surface area contributed by atoms with Gasteiger partial charge in [0.15, 0.2) is 0 Å². The van der Waals surface area contributed by atoms with Gasteiger partial charge in [0.2, 0.25) is 10.0 Å². The van der Waals surface area contributed by atoms with Gasteiger partial charge < -0.3 is 24.3 Å². The van der Waals surface area contributed by atoms with Crippen LogP contribution in [0, 0.1) is 11.6 Å². The minimum absolute atomic E-state index is 0.0273. The average molecular weight is 643 g/mol. The highest BCUT2D eigenvalue weighted by atomic mass is 32.2. The number of rotatable bonds is 15. The minimum Gasteiger partial charge on any atom is -0.478 e. The van der Waals surface area contributed by atoms with Crippen LogP contribution in [0.5, 0.6) is 0 Å². The fourth-order valence-corrected chi connectivity index (χ4v) is 6.17. The van der Waals surface area contributed by atoms with Crippen LogP contribution in [0.25, 0.3) is 22.3 Å². The van der Waals surface area contributed by atoms with E-state index in [0.29, 0.717) is 33.2 Å². The summed E-state index contributed by atoms with van der Waals surface area (Å²) in [5.41, 5.74) is 2.65. The third-order valence-electron chi connectivity index (χ3n) is 7.34. The number of hydrogen-bond donors (Lipinski definition) is 3. The summed E-state index contributed by atoms with van der Waals surface area (Å²) in [6.07, 6.45) is 1.81. The molecular weight excluding hydrogens is 610 g/mol. The number of aromatic carboxylic acids is 1. The molecular formula is C32H32F2N2O8S. The zero-order valence-electron chi connectivity index (χ0n) is 24.4. The van der Waals surface area contributed by atoms with Crippen LogP contribution in [0.4, 0.5) is 8.78 Å². The van der Waals surface area contributed by atoms with Gasteiger partial charge in [0.1, 0.15) is 23.0 Å². The molecule has 1 amide bonds. The molecule has 0 atom stereocenters. The van der Waals surface area contributed by atoms with Gasteiger partial charge in [0, 0.05) is 24.5 Å². The van der Waals surface area contributed by atoms with Crippen LogP contribution in [0.1, 0.15) is 56.2 Å². The smallest absolute Gasteiger partial charge is 0.338 e. The fraction of sp³-hybridized carbons (Fsp3) is 0.312. The second-order valence-corrected chi connectivity index (χ2v) is 12.5. The van der Waals surface area contributed by atoms with E-state index in [-0.39, 0.29) is 56.3 Å². The van der Waals surface area contributed by atoms with E-state index in [1.165, 1.54) is 43.4 Å². The van der Waals surface area contributed by atoms with Gasteiger partial charge in [-0.2, -0.15) is 0 Å². The first-order valence-electron chi connectivity index (χ1n) is 14.3. The summed E-state index contributed by atoms with van der Waals surface area (Å²) in [6.45, 7) is 0.513. The molecule has 1 aromatic heterocycles. The third kappa shape index (κ3) is 7.92. The van der Waals surface area contributed by atoms with E-state index in [4.69, 9.17) is 19.0 Å². The van der Waals surface area contributed by atoms with Gasteiger partial charge in [0.05, 0.1) is 43.3 Å². The van der Waals surface area contributed by atoms with E-state index in [9.17, 15) is 26.8 Å². The molecule has 3 N–H and O–H groups in total. The number of carbonyl (C=O) groups is 2. The van der Waals surface area contributed by atoms with Crippen LogP contribution in [0.2, 0.25) is 0 Å². The molecule has 0 aliphatic heterocycles. The molecule has 0 bridgehead atoms. The molecule has 1 aliphatic carbocycles. The normalized spacial score (nSPS) is 13.3. The Morgan fingerprint density at radius 1 is 1.00 bits per heavy atom. The van der Waals surface area contributed by atoms with Gasteiger partial charge in [-0.05, 0) is 84.0 Å². The number of fused-ring (bicyclic) bond motifs is 1. The van der Waals surface area contributed by atoms with E-state index in [1.807, 2.05) is 6.07 Å². The molecule has 13 heteroatoms. The SMILES string of the molecule is CNC(=O)c1c(-c2ccc(F)cc2)oc2cc(CS(=O)(=O)NCCOCCOCc3ccc(F)c(C(=O)O)c3)c(C3CC3)cc12.